The standard InChI is InChI=1S/C13H21N3/c1-11(2)9-12-3-7-16(8-4-12)13-10-14-5-6-15-13/h5-6,10-12H,3-4,7-9H2,1-2H3. The molecule has 1 fully saturated rings. The molecule has 3 nitrogen and oxygen atoms in total. The number of piperidine rings is 1. The van der Waals surface area contributed by atoms with Crippen molar-refractivity contribution in [3.63, 3.8) is 0 Å². The summed E-state index contributed by atoms with van der Waals surface area (Å²) in [4.78, 5) is 10.8. The summed E-state index contributed by atoms with van der Waals surface area (Å²) in [6.07, 6.45) is 9.34. The highest BCUT2D eigenvalue weighted by Gasteiger charge is 2.20. The van der Waals surface area contributed by atoms with Gasteiger partial charge in [0.1, 0.15) is 5.82 Å². The van der Waals surface area contributed by atoms with Gasteiger partial charge in [0.05, 0.1) is 6.20 Å². The van der Waals surface area contributed by atoms with Crippen LogP contribution in [-0.4, -0.2) is 23.1 Å². The van der Waals surface area contributed by atoms with E-state index in [1.165, 1.54) is 19.3 Å². The predicted octanol–water partition coefficient (Wildman–Crippen LogP) is 2.74. The largest absolute Gasteiger partial charge is 0.355 e. The minimum absolute atomic E-state index is 0.827. The van der Waals surface area contributed by atoms with Gasteiger partial charge in [-0.1, -0.05) is 13.8 Å². The second-order valence-corrected chi connectivity index (χ2v) is 5.12. The van der Waals surface area contributed by atoms with Crippen LogP contribution in [0.15, 0.2) is 18.6 Å². The number of nitrogens with zero attached hydrogens (tertiary/aromatic N) is 3. The molecule has 1 saturated heterocycles. The molecule has 2 heterocycles. The van der Waals surface area contributed by atoms with Crippen LogP contribution < -0.4 is 4.90 Å². The second-order valence-electron chi connectivity index (χ2n) is 5.12. The van der Waals surface area contributed by atoms with Crippen LogP contribution in [0.2, 0.25) is 0 Å². The average Bonchev–Trinajstić information content (AvgIpc) is 2.30. The number of hydrogen-bond donors (Lipinski definition) is 0. The summed E-state index contributed by atoms with van der Waals surface area (Å²) in [5.74, 6) is 2.77. The topological polar surface area (TPSA) is 29.0 Å². The Morgan fingerprint density at radius 1 is 1.31 bits per heavy atom. The summed E-state index contributed by atoms with van der Waals surface area (Å²) >= 11 is 0. The van der Waals surface area contributed by atoms with Gasteiger partial charge >= 0.3 is 0 Å². The zero-order chi connectivity index (χ0) is 11.4. The van der Waals surface area contributed by atoms with Crippen molar-refractivity contribution in [2.24, 2.45) is 11.8 Å². The highest BCUT2D eigenvalue weighted by atomic mass is 15.2. The summed E-state index contributed by atoms with van der Waals surface area (Å²) in [6.45, 7) is 6.90. The van der Waals surface area contributed by atoms with E-state index in [1.54, 1.807) is 12.4 Å². The van der Waals surface area contributed by atoms with Crippen LogP contribution in [0.5, 0.6) is 0 Å². The zero-order valence-electron chi connectivity index (χ0n) is 10.3. The summed E-state index contributed by atoms with van der Waals surface area (Å²) in [6, 6.07) is 0. The van der Waals surface area contributed by atoms with Crippen molar-refractivity contribution in [1.82, 2.24) is 9.97 Å². The molecule has 0 amide bonds. The van der Waals surface area contributed by atoms with E-state index in [4.69, 9.17) is 0 Å². The quantitative estimate of drug-likeness (QED) is 0.782. The molecule has 0 N–H and O–H groups in total. The zero-order valence-corrected chi connectivity index (χ0v) is 10.3. The van der Waals surface area contributed by atoms with Gasteiger partial charge < -0.3 is 4.90 Å². The molecule has 0 aliphatic carbocycles. The molecule has 88 valence electrons. The van der Waals surface area contributed by atoms with Gasteiger partial charge in [-0.15, -0.1) is 0 Å². The number of hydrogen-bond acceptors (Lipinski definition) is 3. The molecule has 0 bridgehead atoms. The molecule has 0 aromatic carbocycles. The summed E-state index contributed by atoms with van der Waals surface area (Å²) in [7, 11) is 0. The minimum atomic E-state index is 0.827. The Hall–Kier alpha value is -1.12. The third kappa shape index (κ3) is 2.94. The maximum atomic E-state index is 4.35. The molecule has 1 aromatic rings. The lowest BCUT2D eigenvalue weighted by Gasteiger charge is -2.33. The fourth-order valence-corrected chi connectivity index (χ4v) is 2.52. The number of rotatable bonds is 3. The van der Waals surface area contributed by atoms with Gasteiger partial charge in [0.2, 0.25) is 0 Å². The van der Waals surface area contributed by atoms with E-state index in [0.717, 1.165) is 30.7 Å². The van der Waals surface area contributed by atoms with Crippen molar-refractivity contribution >= 4 is 5.82 Å². The lowest BCUT2D eigenvalue weighted by molar-refractivity contribution is 0.337. The normalized spacial score (nSPS) is 18.1. The van der Waals surface area contributed by atoms with Gasteiger partial charge in [-0.25, -0.2) is 4.98 Å². The molecule has 0 spiro atoms. The van der Waals surface area contributed by atoms with E-state index < -0.39 is 0 Å². The fourth-order valence-electron chi connectivity index (χ4n) is 2.52. The van der Waals surface area contributed by atoms with Gasteiger partial charge in [-0.05, 0) is 31.1 Å². The van der Waals surface area contributed by atoms with Crippen LogP contribution in [0.3, 0.4) is 0 Å². The summed E-state index contributed by atoms with van der Waals surface area (Å²) in [5, 5.41) is 0. The Labute approximate surface area is 97.9 Å². The first kappa shape index (κ1) is 11.4. The van der Waals surface area contributed by atoms with Crippen molar-refractivity contribution in [2.45, 2.75) is 33.1 Å². The average molecular weight is 219 g/mol. The third-order valence-corrected chi connectivity index (χ3v) is 3.29. The second kappa shape index (κ2) is 5.28. The van der Waals surface area contributed by atoms with Crippen molar-refractivity contribution in [1.29, 1.82) is 0 Å². The van der Waals surface area contributed by atoms with Crippen molar-refractivity contribution in [3.8, 4) is 0 Å². The molecule has 1 aliphatic heterocycles. The van der Waals surface area contributed by atoms with Crippen LogP contribution >= 0.6 is 0 Å². The van der Waals surface area contributed by atoms with E-state index in [9.17, 15) is 0 Å². The van der Waals surface area contributed by atoms with E-state index in [0.29, 0.717) is 0 Å². The van der Waals surface area contributed by atoms with E-state index in [1.807, 2.05) is 6.20 Å². The van der Waals surface area contributed by atoms with E-state index in [-0.39, 0.29) is 0 Å². The predicted molar refractivity (Wildman–Crippen MR) is 66.4 cm³/mol. The molecule has 1 aliphatic rings. The third-order valence-electron chi connectivity index (χ3n) is 3.29. The molecule has 2 rings (SSSR count). The van der Waals surface area contributed by atoms with E-state index >= 15 is 0 Å². The first-order chi connectivity index (χ1) is 7.75. The summed E-state index contributed by atoms with van der Waals surface area (Å²) in [5.41, 5.74) is 0. The number of aromatic nitrogens is 2. The molecular weight excluding hydrogens is 198 g/mol. The summed E-state index contributed by atoms with van der Waals surface area (Å²) < 4.78 is 0. The van der Waals surface area contributed by atoms with Gasteiger partial charge in [-0.3, -0.25) is 4.98 Å². The molecule has 1 aromatic heterocycles. The van der Waals surface area contributed by atoms with Crippen LogP contribution in [0.1, 0.15) is 33.1 Å². The lowest BCUT2D eigenvalue weighted by atomic mass is 9.89. The molecule has 0 saturated carbocycles. The highest BCUT2D eigenvalue weighted by Crippen LogP contribution is 2.25. The van der Waals surface area contributed by atoms with Gasteiger partial charge in [0, 0.05) is 25.5 Å². The highest BCUT2D eigenvalue weighted by molar-refractivity contribution is 5.35. The Bertz CT molecular complexity index is 302. The SMILES string of the molecule is CC(C)CC1CCN(c2cnccn2)CC1. The number of anilines is 1. The van der Waals surface area contributed by atoms with Crippen molar-refractivity contribution < 1.29 is 0 Å². The smallest absolute Gasteiger partial charge is 0.147 e. The Kier molecular flexibility index (Phi) is 3.75. The fraction of sp³-hybridized carbons (Fsp3) is 0.692. The molecule has 3 heteroatoms. The van der Waals surface area contributed by atoms with Crippen LogP contribution in [-0.2, 0) is 0 Å². The van der Waals surface area contributed by atoms with Gasteiger partial charge in [0.25, 0.3) is 0 Å². The molecule has 0 unspecified atom stereocenters. The van der Waals surface area contributed by atoms with Crippen LogP contribution in [0.25, 0.3) is 0 Å². The first-order valence-electron chi connectivity index (χ1n) is 6.26. The maximum Gasteiger partial charge on any atom is 0.147 e. The molecule has 0 atom stereocenters. The Morgan fingerprint density at radius 3 is 2.62 bits per heavy atom. The lowest BCUT2D eigenvalue weighted by Crippen LogP contribution is -2.34. The van der Waals surface area contributed by atoms with Crippen LogP contribution in [0, 0.1) is 11.8 Å². The Morgan fingerprint density at radius 2 is 2.06 bits per heavy atom. The molecule has 0 radical (unpaired) electrons. The van der Waals surface area contributed by atoms with Crippen LogP contribution in [0.4, 0.5) is 5.82 Å². The first-order valence-corrected chi connectivity index (χ1v) is 6.26. The van der Waals surface area contributed by atoms with Gasteiger partial charge in [-0.2, -0.15) is 0 Å². The minimum Gasteiger partial charge on any atom is -0.355 e. The molecule has 16 heavy (non-hydrogen) atoms. The van der Waals surface area contributed by atoms with Crippen molar-refractivity contribution in [3.05, 3.63) is 18.6 Å². The van der Waals surface area contributed by atoms with Crippen molar-refractivity contribution in [2.75, 3.05) is 18.0 Å². The van der Waals surface area contributed by atoms with Gasteiger partial charge in [0.15, 0.2) is 0 Å². The Balaban J connectivity index is 1.86. The monoisotopic (exact) mass is 219 g/mol. The maximum absolute atomic E-state index is 4.35. The van der Waals surface area contributed by atoms with E-state index in [2.05, 4.69) is 28.7 Å². The molecular formula is C13H21N3.